The number of aromatic nitrogens is 1. The number of hydrogen-bond donors (Lipinski definition) is 1. The fraction of sp³-hybridized carbons (Fsp3) is 0. The Hall–Kier alpha value is -1.35. The third kappa shape index (κ3) is 0.867. The minimum atomic E-state index is 0. The van der Waals surface area contributed by atoms with Crippen molar-refractivity contribution in [3.8, 4) is 0 Å². The van der Waals surface area contributed by atoms with Crippen LogP contribution in [-0.4, -0.2) is 5.16 Å². The zero-order chi connectivity index (χ0) is 6.10. The van der Waals surface area contributed by atoms with Gasteiger partial charge in [0.1, 0.15) is 0 Å². The molecular formula is C7H8N2O. The van der Waals surface area contributed by atoms with Gasteiger partial charge < -0.3 is 10.7 Å². The van der Waals surface area contributed by atoms with Crippen LogP contribution < -0.4 is 6.15 Å². The van der Waals surface area contributed by atoms with Crippen molar-refractivity contribution in [3.63, 3.8) is 0 Å². The first-order valence-electron chi connectivity index (χ1n) is 2.76. The van der Waals surface area contributed by atoms with Gasteiger partial charge in [-0.3, -0.25) is 0 Å². The van der Waals surface area contributed by atoms with Crippen LogP contribution in [0.4, 0.5) is 0 Å². The molecule has 1 aromatic heterocycles. The first-order chi connectivity index (χ1) is 4.47. The van der Waals surface area contributed by atoms with Crippen LogP contribution in [0.1, 0.15) is 0 Å². The van der Waals surface area contributed by atoms with Gasteiger partial charge in [0.25, 0.3) is 0 Å². The highest BCUT2D eigenvalue weighted by atomic mass is 16.5. The number of benzene rings is 1. The van der Waals surface area contributed by atoms with E-state index in [-0.39, 0.29) is 6.15 Å². The van der Waals surface area contributed by atoms with Crippen molar-refractivity contribution >= 4 is 11.0 Å². The highest BCUT2D eigenvalue weighted by Crippen LogP contribution is 2.10. The number of rotatable bonds is 0. The molecule has 0 saturated heterocycles. The smallest absolute Gasteiger partial charge is 0.166 e. The molecule has 2 aromatic rings. The summed E-state index contributed by atoms with van der Waals surface area (Å²) < 4.78 is 4.87. The van der Waals surface area contributed by atoms with Gasteiger partial charge in [-0.15, -0.1) is 0 Å². The molecule has 0 aliphatic carbocycles. The standard InChI is InChI=1S/C7H5NO.H3N/c1-2-4-7-6(3-1)5-8-9-7;/h1-5H;1H3. The lowest BCUT2D eigenvalue weighted by molar-refractivity contribution is 0.456. The molecule has 0 bridgehead atoms. The minimum Gasteiger partial charge on any atom is -0.356 e. The van der Waals surface area contributed by atoms with E-state index >= 15 is 0 Å². The van der Waals surface area contributed by atoms with Crippen molar-refractivity contribution in [2.75, 3.05) is 0 Å². The molecule has 3 heteroatoms. The van der Waals surface area contributed by atoms with Crippen LogP contribution in [0.2, 0.25) is 0 Å². The van der Waals surface area contributed by atoms with Crippen LogP contribution in [0.25, 0.3) is 11.0 Å². The quantitative estimate of drug-likeness (QED) is 0.602. The molecule has 3 nitrogen and oxygen atoms in total. The summed E-state index contributed by atoms with van der Waals surface area (Å²) >= 11 is 0. The Morgan fingerprint density at radius 3 is 2.80 bits per heavy atom. The predicted octanol–water partition coefficient (Wildman–Crippen LogP) is 1.99. The van der Waals surface area contributed by atoms with Crippen molar-refractivity contribution in [2.24, 2.45) is 0 Å². The fourth-order valence-electron chi connectivity index (χ4n) is 0.810. The molecule has 52 valence electrons. The summed E-state index contributed by atoms with van der Waals surface area (Å²) in [6.45, 7) is 0. The van der Waals surface area contributed by atoms with Gasteiger partial charge >= 0.3 is 0 Å². The van der Waals surface area contributed by atoms with Gasteiger partial charge in [-0.2, -0.15) is 0 Å². The van der Waals surface area contributed by atoms with Gasteiger partial charge in [0.05, 0.1) is 6.20 Å². The topological polar surface area (TPSA) is 61.0 Å². The maximum absolute atomic E-state index is 4.87. The van der Waals surface area contributed by atoms with Crippen LogP contribution in [0, 0.1) is 0 Å². The van der Waals surface area contributed by atoms with E-state index in [4.69, 9.17) is 4.52 Å². The Morgan fingerprint density at radius 1 is 1.20 bits per heavy atom. The van der Waals surface area contributed by atoms with Crippen LogP contribution in [0.15, 0.2) is 35.0 Å². The monoisotopic (exact) mass is 136 g/mol. The summed E-state index contributed by atoms with van der Waals surface area (Å²) in [6, 6.07) is 7.74. The average molecular weight is 136 g/mol. The first kappa shape index (κ1) is 6.77. The second kappa shape index (κ2) is 2.49. The van der Waals surface area contributed by atoms with E-state index in [1.165, 1.54) is 0 Å². The van der Waals surface area contributed by atoms with E-state index in [0.29, 0.717) is 0 Å². The van der Waals surface area contributed by atoms with E-state index in [1.54, 1.807) is 6.20 Å². The number of hydrogen-bond acceptors (Lipinski definition) is 3. The molecule has 0 spiro atoms. The number of para-hydroxylation sites is 1. The zero-order valence-electron chi connectivity index (χ0n) is 5.45. The summed E-state index contributed by atoms with van der Waals surface area (Å²) in [4.78, 5) is 0. The minimum absolute atomic E-state index is 0. The van der Waals surface area contributed by atoms with E-state index in [0.717, 1.165) is 11.0 Å². The molecule has 0 aliphatic rings. The Bertz CT molecular complexity index is 286. The third-order valence-electron chi connectivity index (χ3n) is 1.26. The van der Waals surface area contributed by atoms with Crippen molar-refractivity contribution in [1.29, 1.82) is 0 Å². The maximum Gasteiger partial charge on any atom is 0.166 e. The summed E-state index contributed by atoms with van der Waals surface area (Å²) in [5.74, 6) is 0. The van der Waals surface area contributed by atoms with Crippen molar-refractivity contribution in [1.82, 2.24) is 11.3 Å². The van der Waals surface area contributed by atoms with E-state index in [1.807, 2.05) is 24.3 Å². The summed E-state index contributed by atoms with van der Waals surface area (Å²) in [5.41, 5.74) is 0.845. The van der Waals surface area contributed by atoms with Gasteiger partial charge in [0.2, 0.25) is 0 Å². The lowest BCUT2D eigenvalue weighted by atomic mass is 10.3. The van der Waals surface area contributed by atoms with Crippen molar-refractivity contribution in [2.45, 2.75) is 0 Å². The summed E-state index contributed by atoms with van der Waals surface area (Å²) in [7, 11) is 0. The van der Waals surface area contributed by atoms with Crippen molar-refractivity contribution < 1.29 is 4.52 Å². The molecule has 0 radical (unpaired) electrons. The highest BCUT2D eigenvalue weighted by Gasteiger charge is 1.91. The molecule has 0 unspecified atom stereocenters. The normalized spacial score (nSPS) is 9.20. The first-order valence-corrected chi connectivity index (χ1v) is 2.76. The predicted molar refractivity (Wildman–Crippen MR) is 39.0 cm³/mol. The molecule has 10 heavy (non-hydrogen) atoms. The largest absolute Gasteiger partial charge is 0.356 e. The second-order valence-corrected chi connectivity index (χ2v) is 1.86. The zero-order valence-corrected chi connectivity index (χ0v) is 5.45. The van der Waals surface area contributed by atoms with Gasteiger partial charge in [0.15, 0.2) is 5.58 Å². The van der Waals surface area contributed by atoms with Crippen LogP contribution >= 0.6 is 0 Å². The lowest BCUT2D eigenvalue weighted by Crippen LogP contribution is -1.57. The van der Waals surface area contributed by atoms with Crippen LogP contribution in [0.5, 0.6) is 0 Å². The second-order valence-electron chi connectivity index (χ2n) is 1.86. The lowest BCUT2D eigenvalue weighted by Gasteiger charge is -1.78. The molecule has 2 rings (SSSR count). The van der Waals surface area contributed by atoms with Gasteiger partial charge in [-0.05, 0) is 12.1 Å². The third-order valence-corrected chi connectivity index (χ3v) is 1.26. The average Bonchev–Trinajstić information content (AvgIpc) is 2.33. The Labute approximate surface area is 58.2 Å². The van der Waals surface area contributed by atoms with E-state index < -0.39 is 0 Å². The fourth-order valence-corrected chi connectivity index (χ4v) is 0.810. The summed E-state index contributed by atoms with van der Waals surface area (Å²) in [6.07, 6.45) is 1.70. The molecule has 0 amide bonds. The van der Waals surface area contributed by atoms with Crippen LogP contribution in [0.3, 0.4) is 0 Å². The molecule has 1 heterocycles. The number of fused-ring (bicyclic) bond motifs is 1. The molecule has 1 aromatic carbocycles. The van der Waals surface area contributed by atoms with Crippen LogP contribution in [-0.2, 0) is 0 Å². The molecule has 0 aliphatic heterocycles. The SMILES string of the molecule is N.c1ccc2oncc2c1. The molecular weight excluding hydrogens is 128 g/mol. The molecule has 3 N–H and O–H groups in total. The molecule has 0 atom stereocenters. The summed E-state index contributed by atoms with van der Waals surface area (Å²) in [5, 5.41) is 4.68. The van der Waals surface area contributed by atoms with Crippen molar-refractivity contribution in [3.05, 3.63) is 30.5 Å². The Morgan fingerprint density at radius 2 is 2.00 bits per heavy atom. The number of nitrogens with zero attached hydrogens (tertiary/aromatic N) is 1. The Balaban J connectivity index is 0.000000500. The highest BCUT2D eigenvalue weighted by molar-refractivity contribution is 5.75. The maximum atomic E-state index is 4.87. The van der Waals surface area contributed by atoms with E-state index in [2.05, 4.69) is 5.16 Å². The molecule has 0 fully saturated rings. The van der Waals surface area contributed by atoms with Gasteiger partial charge in [-0.25, -0.2) is 0 Å². The van der Waals surface area contributed by atoms with E-state index in [9.17, 15) is 0 Å². The van der Waals surface area contributed by atoms with Gasteiger partial charge in [0, 0.05) is 5.39 Å². The molecule has 0 saturated carbocycles. The van der Waals surface area contributed by atoms with Gasteiger partial charge in [-0.1, -0.05) is 17.3 Å². The Kier molecular flexibility index (Phi) is 1.69.